The Morgan fingerprint density at radius 2 is 1.52 bits per heavy atom. The minimum atomic E-state index is -0.475. The highest BCUT2D eigenvalue weighted by atomic mass is 16.7. The van der Waals surface area contributed by atoms with Crippen molar-refractivity contribution in [1.29, 1.82) is 0 Å². The van der Waals surface area contributed by atoms with Gasteiger partial charge in [-0.15, -0.1) is 0 Å². The number of fused-ring (bicyclic) bond motifs is 1. The molecule has 3 rings (SSSR count). The second kappa shape index (κ2) is 6.51. The zero-order valence-corrected chi connectivity index (χ0v) is 14.5. The number of methoxy groups -OCH3 is 2. The van der Waals surface area contributed by atoms with Crippen LogP contribution in [0.1, 0.15) is 20.3 Å². The van der Waals surface area contributed by atoms with E-state index in [0.717, 1.165) is 5.69 Å². The summed E-state index contributed by atoms with van der Waals surface area (Å²) in [4.78, 5) is 26.2. The molecule has 132 valence electrons. The Morgan fingerprint density at radius 1 is 0.960 bits per heavy atom. The van der Waals surface area contributed by atoms with E-state index >= 15 is 0 Å². The summed E-state index contributed by atoms with van der Waals surface area (Å²) in [6, 6.07) is 5.45. The molecule has 0 radical (unpaired) electrons. The van der Waals surface area contributed by atoms with Crippen LogP contribution in [0.25, 0.3) is 0 Å². The van der Waals surface area contributed by atoms with E-state index in [4.69, 9.17) is 18.9 Å². The molecule has 0 atom stereocenters. The van der Waals surface area contributed by atoms with Gasteiger partial charge in [-0.2, -0.15) is 0 Å². The summed E-state index contributed by atoms with van der Waals surface area (Å²) >= 11 is 0. The number of rotatable bonds is 3. The first kappa shape index (κ1) is 16.9. The SMILES string of the molecule is COC(=O)C1=C(C)N(c2ccc3c(c2)OCO3)C(C)=C(C(=O)OC)C1. The molecule has 0 saturated carbocycles. The molecule has 25 heavy (non-hydrogen) atoms. The van der Waals surface area contributed by atoms with Gasteiger partial charge in [0.25, 0.3) is 0 Å². The number of carbonyl (C=O) groups is 2. The van der Waals surface area contributed by atoms with Crippen LogP contribution < -0.4 is 14.4 Å². The highest BCUT2D eigenvalue weighted by molar-refractivity contribution is 5.98. The molecule has 0 N–H and O–H groups in total. The van der Waals surface area contributed by atoms with Gasteiger partial charge in [-0.3, -0.25) is 0 Å². The van der Waals surface area contributed by atoms with Gasteiger partial charge < -0.3 is 23.8 Å². The monoisotopic (exact) mass is 345 g/mol. The van der Waals surface area contributed by atoms with Gasteiger partial charge in [-0.05, 0) is 26.0 Å². The molecule has 0 aromatic heterocycles. The predicted octanol–water partition coefficient (Wildman–Crippen LogP) is 2.52. The average Bonchev–Trinajstić information content (AvgIpc) is 3.08. The van der Waals surface area contributed by atoms with E-state index in [0.29, 0.717) is 34.0 Å². The van der Waals surface area contributed by atoms with E-state index < -0.39 is 11.9 Å². The van der Waals surface area contributed by atoms with E-state index in [1.54, 1.807) is 6.07 Å². The zero-order chi connectivity index (χ0) is 18.1. The van der Waals surface area contributed by atoms with Gasteiger partial charge in [0.1, 0.15) is 0 Å². The topological polar surface area (TPSA) is 74.3 Å². The summed E-state index contributed by atoms with van der Waals surface area (Å²) in [5.74, 6) is 0.322. The summed E-state index contributed by atoms with van der Waals surface area (Å²) < 4.78 is 20.5. The number of anilines is 1. The maximum Gasteiger partial charge on any atom is 0.335 e. The number of carbonyl (C=O) groups excluding carboxylic acids is 2. The van der Waals surface area contributed by atoms with Gasteiger partial charge in [0.15, 0.2) is 11.5 Å². The smallest absolute Gasteiger partial charge is 0.335 e. The average molecular weight is 345 g/mol. The second-order valence-corrected chi connectivity index (χ2v) is 5.66. The molecule has 7 nitrogen and oxygen atoms in total. The van der Waals surface area contributed by atoms with Crippen LogP contribution in [0.2, 0.25) is 0 Å². The van der Waals surface area contributed by atoms with Crippen LogP contribution in [-0.4, -0.2) is 33.0 Å². The van der Waals surface area contributed by atoms with E-state index in [2.05, 4.69) is 0 Å². The maximum absolute atomic E-state index is 12.2. The van der Waals surface area contributed by atoms with Crippen LogP contribution in [0, 0.1) is 0 Å². The fourth-order valence-corrected chi connectivity index (χ4v) is 3.05. The second-order valence-electron chi connectivity index (χ2n) is 5.66. The normalized spacial score (nSPS) is 16.2. The van der Waals surface area contributed by atoms with Gasteiger partial charge in [0.2, 0.25) is 6.79 Å². The maximum atomic E-state index is 12.2. The molecule has 2 heterocycles. The van der Waals surface area contributed by atoms with Crippen LogP contribution in [-0.2, 0) is 19.1 Å². The van der Waals surface area contributed by atoms with Crippen molar-refractivity contribution in [3.8, 4) is 11.5 Å². The van der Waals surface area contributed by atoms with E-state index in [9.17, 15) is 9.59 Å². The van der Waals surface area contributed by atoms with E-state index in [1.165, 1.54) is 14.2 Å². The molecule has 7 heteroatoms. The fourth-order valence-electron chi connectivity index (χ4n) is 3.05. The van der Waals surface area contributed by atoms with Crippen molar-refractivity contribution >= 4 is 17.6 Å². The largest absolute Gasteiger partial charge is 0.466 e. The van der Waals surface area contributed by atoms with Crippen molar-refractivity contribution in [3.63, 3.8) is 0 Å². The standard InChI is InChI=1S/C18H19NO6/c1-10-13(17(20)22-3)8-14(18(21)23-4)11(2)19(10)12-5-6-15-16(7-12)25-9-24-15/h5-7H,8-9H2,1-4H3. The third-order valence-electron chi connectivity index (χ3n) is 4.38. The number of allylic oxidation sites excluding steroid dienone is 2. The van der Waals surface area contributed by atoms with Gasteiger partial charge in [-0.25, -0.2) is 9.59 Å². The predicted molar refractivity (Wildman–Crippen MR) is 89.1 cm³/mol. The zero-order valence-electron chi connectivity index (χ0n) is 14.5. The molecular weight excluding hydrogens is 326 g/mol. The third kappa shape index (κ3) is 2.82. The number of esters is 2. The van der Waals surface area contributed by atoms with Crippen LogP contribution in [0.3, 0.4) is 0 Å². The molecule has 0 aliphatic carbocycles. The van der Waals surface area contributed by atoms with Crippen molar-refractivity contribution in [2.45, 2.75) is 20.3 Å². The van der Waals surface area contributed by atoms with Crippen LogP contribution in [0.5, 0.6) is 11.5 Å². The fraction of sp³-hybridized carbons (Fsp3) is 0.333. The first-order valence-corrected chi connectivity index (χ1v) is 7.73. The summed E-state index contributed by atoms with van der Waals surface area (Å²) in [6.07, 6.45) is 0.165. The lowest BCUT2D eigenvalue weighted by Gasteiger charge is -2.33. The summed E-state index contributed by atoms with van der Waals surface area (Å²) in [7, 11) is 2.63. The Bertz CT molecular complexity index is 770. The number of benzene rings is 1. The third-order valence-corrected chi connectivity index (χ3v) is 4.38. The first-order valence-electron chi connectivity index (χ1n) is 7.73. The minimum absolute atomic E-state index is 0.165. The molecule has 2 aliphatic heterocycles. The molecule has 0 fully saturated rings. The Morgan fingerprint density at radius 3 is 2.08 bits per heavy atom. The Labute approximate surface area is 145 Å². The number of ether oxygens (including phenoxy) is 4. The lowest BCUT2D eigenvalue weighted by Crippen LogP contribution is -2.30. The summed E-state index contributed by atoms with van der Waals surface area (Å²) in [5.41, 5.74) is 2.95. The number of hydrogen-bond donors (Lipinski definition) is 0. The van der Waals surface area contributed by atoms with Crippen molar-refractivity contribution in [3.05, 3.63) is 40.7 Å². The molecule has 1 aromatic carbocycles. The molecule has 0 saturated heterocycles. The van der Waals surface area contributed by atoms with Gasteiger partial charge in [-0.1, -0.05) is 0 Å². The molecule has 0 spiro atoms. The molecule has 0 unspecified atom stereocenters. The highest BCUT2D eigenvalue weighted by Gasteiger charge is 2.32. The quantitative estimate of drug-likeness (QED) is 0.779. The van der Waals surface area contributed by atoms with Gasteiger partial charge in [0, 0.05) is 29.6 Å². The molecule has 0 bridgehead atoms. The van der Waals surface area contributed by atoms with Crippen molar-refractivity contribution in [2.24, 2.45) is 0 Å². The van der Waals surface area contributed by atoms with Crippen LogP contribution in [0.15, 0.2) is 40.7 Å². The summed E-state index contributed by atoms with van der Waals surface area (Å²) in [6.45, 7) is 3.80. The Balaban J connectivity index is 2.13. The van der Waals surface area contributed by atoms with Crippen LogP contribution in [0.4, 0.5) is 5.69 Å². The first-order chi connectivity index (χ1) is 12.0. The molecule has 1 aromatic rings. The Kier molecular flexibility index (Phi) is 4.39. The van der Waals surface area contributed by atoms with Crippen molar-refractivity contribution in [1.82, 2.24) is 0 Å². The lowest BCUT2D eigenvalue weighted by molar-refractivity contribution is -0.136. The summed E-state index contributed by atoms with van der Waals surface area (Å²) in [5, 5.41) is 0. The highest BCUT2D eigenvalue weighted by Crippen LogP contribution is 2.40. The van der Waals surface area contributed by atoms with Gasteiger partial charge in [0.05, 0.1) is 25.4 Å². The Hall–Kier alpha value is -2.96. The molecular formula is C18H19NO6. The van der Waals surface area contributed by atoms with Crippen LogP contribution >= 0.6 is 0 Å². The van der Waals surface area contributed by atoms with Gasteiger partial charge >= 0.3 is 11.9 Å². The molecule has 2 aliphatic rings. The van der Waals surface area contributed by atoms with E-state index in [1.807, 2.05) is 30.9 Å². The minimum Gasteiger partial charge on any atom is -0.466 e. The van der Waals surface area contributed by atoms with E-state index in [-0.39, 0.29) is 13.2 Å². The number of nitrogens with zero attached hydrogens (tertiary/aromatic N) is 1. The molecule has 0 amide bonds. The number of hydrogen-bond acceptors (Lipinski definition) is 7. The van der Waals surface area contributed by atoms with Crippen molar-refractivity contribution in [2.75, 3.05) is 25.9 Å². The lowest BCUT2D eigenvalue weighted by atomic mass is 9.96. The van der Waals surface area contributed by atoms with Crippen molar-refractivity contribution < 1.29 is 28.5 Å².